The van der Waals surface area contributed by atoms with Crippen LogP contribution >= 0.6 is 0 Å². The van der Waals surface area contributed by atoms with E-state index in [2.05, 4.69) is 0 Å². The number of fused-ring (bicyclic) bond motifs is 1. The second-order valence-electron chi connectivity index (χ2n) is 4.78. The first kappa shape index (κ1) is 13.9. The molecule has 0 heterocycles. The first-order valence-corrected chi connectivity index (χ1v) is 6.72. The quantitative estimate of drug-likeness (QED) is 0.871. The van der Waals surface area contributed by atoms with E-state index in [1.165, 1.54) is 14.2 Å². The Hall–Kier alpha value is -3.06. The summed E-state index contributed by atoms with van der Waals surface area (Å²) in [5, 5.41) is 9.43. The molecule has 2 aromatic carbocycles. The molecule has 0 saturated heterocycles. The van der Waals surface area contributed by atoms with Crippen molar-refractivity contribution in [2.45, 2.75) is 0 Å². The first-order valence-electron chi connectivity index (χ1n) is 6.72. The second-order valence-corrected chi connectivity index (χ2v) is 4.78. The summed E-state index contributed by atoms with van der Waals surface area (Å²) >= 11 is 0. The van der Waals surface area contributed by atoms with Crippen molar-refractivity contribution in [1.29, 1.82) is 5.26 Å². The van der Waals surface area contributed by atoms with Crippen LogP contribution < -0.4 is 9.47 Å². The van der Waals surface area contributed by atoms with Gasteiger partial charge in [0.1, 0.15) is 11.6 Å². The number of allylic oxidation sites excluding steroid dienone is 1. The maximum absolute atomic E-state index is 12.5. The van der Waals surface area contributed by atoms with E-state index in [0.717, 1.165) is 5.56 Å². The Morgan fingerprint density at radius 3 is 2.32 bits per heavy atom. The van der Waals surface area contributed by atoms with Gasteiger partial charge in [-0.25, -0.2) is 0 Å². The third-order valence-corrected chi connectivity index (χ3v) is 3.69. The highest BCUT2D eigenvalue weighted by Gasteiger charge is 2.34. The summed E-state index contributed by atoms with van der Waals surface area (Å²) in [6.45, 7) is 0. The predicted octanol–water partition coefficient (Wildman–Crippen LogP) is 3.23. The molecule has 0 aliphatic heterocycles. The lowest BCUT2D eigenvalue weighted by molar-refractivity contribution is 0.104. The summed E-state index contributed by atoms with van der Waals surface area (Å²) in [5.41, 5.74) is 2.62. The largest absolute Gasteiger partial charge is 0.493 e. The van der Waals surface area contributed by atoms with Crippen LogP contribution in [-0.2, 0) is 0 Å². The minimum absolute atomic E-state index is 0.132. The van der Waals surface area contributed by atoms with Gasteiger partial charge in [0, 0.05) is 16.7 Å². The fourth-order valence-corrected chi connectivity index (χ4v) is 2.74. The molecule has 2 aromatic rings. The van der Waals surface area contributed by atoms with Gasteiger partial charge in [-0.2, -0.15) is 5.26 Å². The molecule has 0 fully saturated rings. The van der Waals surface area contributed by atoms with Crippen molar-refractivity contribution in [1.82, 2.24) is 0 Å². The number of hydrogen-bond donors (Lipinski definition) is 0. The molecule has 0 amide bonds. The second kappa shape index (κ2) is 5.38. The Labute approximate surface area is 128 Å². The van der Waals surface area contributed by atoms with Crippen LogP contribution in [0.15, 0.2) is 48.0 Å². The molecule has 1 aliphatic carbocycles. The van der Waals surface area contributed by atoms with Crippen LogP contribution in [0.4, 0.5) is 0 Å². The van der Waals surface area contributed by atoms with Gasteiger partial charge in [-0.15, -0.1) is 0 Å². The van der Waals surface area contributed by atoms with Crippen LogP contribution in [0.1, 0.15) is 21.5 Å². The number of nitriles is 1. The molecule has 0 unspecified atom stereocenters. The molecule has 0 aromatic heterocycles. The Morgan fingerprint density at radius 1 is 1.00 bits per heavy atom. The van der Waals surface area contributed by atoms with Crippen molar-refractivity contribution >= 4 is 11.4 Å². The molecular weight excluding hydrogens is 278 g/mol. The van der Waals surface area contributed by atoms with Gasteiger partial charge in [0.25, 0.3) is 0 Å². The molecule has 0 spiro atoms. The zero-order valence-electron chi connectivity index (χ0n) is 12.2. The van der Waals surface area contributed by atoms with Gasteiger partial charge in [0.15, 0.2) is 11.5 Å². The van der Waals surface area contributed by atoms with Gasteiger partial charge in [-0.3, -0.25) is 4.79 Å². The fourth-order valence-electron chi connectivity index (χ4n) is 2.74. The fraction of sp³-hybridized carbons (Fsp3) is 0.111. The lowest BCUT2D eigenvalue weighted by Gasteiger charge is -2.14. The van der Waals surface area contributed by atoms with Crippen molar-refractivity contribution in [3.05, 3.63) is 64.7 Å². The van der Waals surface area contributed by atoms with Crippen molar-refractivity contribution in [2.24, 2.45) is 0 Å². The molecule has 1 aliphatic rings. The van der Waals surface area contributed by atoms with Crippen LogP contribution in [0.25, 0.3) is 5.57 Å². The van der Waals surface area contributed by atoms with Gasteiger partial charge >= 0.3 is 0 Å². The molecule has 0 saturated carbocycles. The van der Waals surface area contributed by atoms with Gasteiger partial charge in [-0.05, 0) is 17.7 Å². The molecule has 4 nitrogen and oxygen atoms in total. The highest BCUT2D eigenvalue weighted by Crippen LogP contribution is 2.46. The number of Topliss-reactive ketones (excluding diaryl/α,β-unsaturated/α-hetero) is 1. The lowest BCUT2D eigenvalue weighted by atomic mass is 9.96. The number of carbonyl (C=O) groups is 1. The third kappa shape index (κ3) is 1.87. The number of ether oxygens (including phenoxy) is 2. The average molecular weight is 291 g/mol. The topological polar surface area (TPSA) is 59.3 Å². The molecule has 0 bridgehead atoms. The number of benzene rings is 2. The van der Waals surface area contributed by atoms with E-state index in [4.69, 9.17) is 9.47 Å². The standard InChI is InChI=1S/C18H13NO3/c1-21-14-9-8-12-16(18(14)22-2)15(13(10-19)17(12)20)11-6-4-3-5-7-11/h3-9H,1-2H3. The maximum Gasteiger partial charge on any atom is 0.204 e. The van der Waals surface area contributed by atoms with E-state index in [-0.39, 0.29) is 11.4 Å². The number of ketones is 1. The van der Waals surface area contributed by atoms with Crippen molar-refractivity contribution in [3.63, 3.8) is 0 Å². The number of nitrogens with zero attached hydrogens (tertiary/aromatic N) is 1. The molecule has 4 heteroatoms. The normalized spacial score (nSPS) is 12.9. The van der Waals surface area contributed by atoms with E-state index in [9.17, 15) is 10.1 Å². The molecule has 22 heavy (non-hydrogen) atoms. The summed E-state index contributed by atoms with van der Waals surface area (Å²) < 4.78 is 10.8. The van der Waals surface area contributed by atoms with Gasteiger partial charge in [-0.1, -0.05) is 30.3 Å². The van der Waals surface area contributed by atoms with Crippen LogP contribution in [0.5, 0.6) is 11.5 Å². The Bertz CT molecular complexity index is 829. The van der Waals surface area contributed by atoms with E-state index < -0.39 is 0 Å². The highest BCUT2D eigenvalue weighted by atomic mass is 16.5. The van der Waals surface area contributed by atoms with Crippen LogP contribution in [-0.4, -0.2) is 20.0 Å². The third-order valence-electron chi connectivity index (χ3n) is 3.69. The Morgan fingerprint density at radius 2 is 1.73 bits per heavy atom. The number of carbonyl (C=O) groups excluding carboxylic acids is 1. The summed E-state index contributed by atoms with van der Waals surface area (Å²) in [6.07, 6.45) is 0. The van der Waals surface area contributed by atoms with E-state index in [1.54, 1.807) is 12.1 Å². The minimum atomic E-state index is -0.280. The molecule has 108 valence electrons. The minimum Gasteiger partial charge on any atom is -0.493 e. The number of methoxy groups -OCH3 is 2. The Kier molecular flexibility index (Phi) is 3.40. The van der Waals surface area contributed by atoms with Gasteiger partial charge < -0.3 is 9.47 Å². The monoisotopic (exact) mass is 291 g/mol. The van der Waals surface area contributed by atoms with Crippen molar-refractivity contribution < 1.29 is 14.3 Å². The van der Waals surface area contributed by atoms with Crippen molar-refractivity contribution in [2.75, 3.05) is 14.2 Å². The van der Waals surface area contributed by atoms with Crippen molar-refractivity contribution in [3.8, 4) is 17.6 Å². The first-order chi connectivity index (χ1) is 10.7. The molecule has 0 N–H and O–H groups in total. The van der Waals surface area contributed by atoms with Crippen LogP contribution in [0, 0.1) is 11.3 Å². The zero-order chi connectivity index (χ0) is 15.7. The molecular formula is C18H13NO3. The summed E-state index contributed by atoms with van der Waals surface area (Å²) in [6, 6.07) is 14.7. The molecule has 0 radical (unpaired) electrons. The summed E-state index contributed by atoms with van der Waals surface area (Å²) in [4.78, 5) is 12.5. The van der Waals surface area contributed by atoms with Gasteiger partial charge in [0.05, 0.1) is 14.2 Å². The molecule has 0 atom stereocenters. The van der Waals surface area contributed by atoms with Crippen LogP contribution in [0.3, 0.4) is 0 Å². The average Bonchev–Trinajstić information content (AvgIpc) is 2.86. The van der Waals surface area contributed by atoms with Crippen LogP contribution in [0.2, 0.25) is 0 Å². The predicted molar refractivity (Wildman–Crippen MR) is 82.0 cm³/mol. The summed E-state index contributed by atoms with van der Waals surface area (Å²) in [5.74, 6) is 0.719. The van der Waals surface area contributed by atoms with E-state index in [1.807, 2.05) is 36.4 Å². The number of hydrogen-bond acceptors (Lipinski definition) is 4. The smallest absolute Gasteiger partial charge is 0.204 e. The van der Waals surface area contributed by atoms with E-state index in [0.29, 0.717) is 28.2 Å². The lowest BCUT2D eigenvalue weighted by Crippen LogP contribution is -1.99. The van der Waals surface area contributed by atoms with E-state index >= 15 is 0 Å². The van der Waals surface area contributed by atoms with Gasteiger partial charge in [0.2, 0.25) is 5.78 Å². The number of rotatable bonds is 3. The summed E-state index contributed by atoms with van der Waals surface area (Å²) in [7, 11) is 3.06. The highest BCUT2D eigenvalue weighted by molar-refractivity contribution is 6.26. The SMILES string of the molecule is COc1ccc2c(c1OC)C(c1ccccc1)=C(C#N)C2=O. The Balaban J connectivity index is 2.38. The maximum atomic E-state index is 12.5. The zero-order valence-corrected chi connectivity index (χ0v) is 12.2. The molecule has 3 rings (SSSR count).